The minimum atomic E-state index is -0.570. The third kappa shape index (κ3) is 3.32. The second kappa shape index (κ2) is 7.31. The van der Waals surface area contributed by atoms with E-state index in [0.717, 1.165) is 36.1 Å². The number of hydrogen-bond acceptors (Lipinski definition) is 2. The van der Waals surface area contributed by atoms with Gasteiger partial charge in [-0.15, -0.1) is 0 Å². The van der Waals surface area contributed by atoms with Crippen LogP contribution in [0.1, 0.15) is 31.2 Å². The number of amides is 3. The Balaban J connectivity index is 1.71. The van der Waals surface area contributed by atoms with Gasteiger partial charge in [0.05, 0.1) is 11.6 Å². The maximum atomic E-state index is 14.4. The molecule has 2 aromatic carbocycles. The van der Waals surface area contributed by atoms with Gasteiger partial charge >= 0.3 is 6.03 Å². The molecular weight excluding hydrogens is 367 g/mol. The molecule has 2 unspecified atom stereocenters. The molecule has 1 aliphatic carbocycles. The smallest absolute Gasteiger partial charge is 0.316 e. The van der Waals surface area contributed by atoms with Crippen LogP contribution in [0.5, 0.6) is 0 Å². The van der Waals surface area contributed by atoms with Crippen LogP contribution in [-0.4, -0.2) is 22.9 Å². The number of imide groups is 1. The maximum absolute atomic E-state index is 14.4. The van der Waals surface area contributed by atoms with Crippen LogP contribution in [0.3, 0.4) is 0 Å². The van der Waals surface area contributed by atoms with Crippen molar-refractivity contribution in [3.63, 3.8) is 0 Å². The van der Waals surface area contributed by atoms with E-state index in [1.807, 2.05) is 12.1 Å². The van der Waals surface area contributed by atoms with Crippen molar-refractivity contribution in [2.24, 2.45) is 5.92 Å². The Bertz CT molecular complexity index is 871. The molecule has 140 valence electrons. The number of fused-ring (bicyclic) bond motifs is 1. The molecule has 27 heavy (non-hydrogen) atoms. The molecule has 2 aliphatic rings. The molecule has 2 atom stereocenters. The Labute approximate surface area is 162 Å². The predicted molar refractivity (Wildman–Crippen MR) is 102 cm³/mol. The lowest BCUT2D eigenvalue weighted by Gasteiger charge is -2.46. The summed E-state index contributed by atoms with van der Waals surface area (Å²) >= 11 is 5.96. The number of carbonyl (C=O) groups excluding carboxylic acids is 2. The lowest BCUT2D eigenvalue weighted by molar-refractivity contribution is -0.126. The molecule has 3 amide bonds. The van der Waals surface area contributed by atoms with Crippen LogP contribution in [0, 0.1) is 11.7 Å². The van der Waals surface area contributed by atoms with Gasteiger partial charge in [0.15, 0.2) is 0 Å². The molecule has 0 radical (unpaired) electrons. The summed E-state index contributed by atoms with van der Waals surface area (Å²) in [7, 11) is 0. The van der Waals surface area contributed by atoms with Gasteiger partial charge in [-0.1, -0.05) is 48.7 Å². The van der Waals surface area contributed by atoms with Crippen molar-refractivity contribution in [2.75, 3.05) is 4.90 Å². The lowest BCUT2D eigenvalue weighted by atomic mass is 9.81. The van der Waals surface area contributed by atoms with E-state index < -0.39 is 11.8 Å². The first kappa shape index (κ1) is 18.0. The molecule has 0 bridgehead atoms. The predicted octanol–water partition coefficient (Wildman–Crippen LogP) is 5.01. The topological polar surface area (TPSA) is 40.6 Å². The first-order valence-electron chi connectivity index (χ1n) is 9.20. The monoisotopic (exact) mass is 386 g/mol. The molecule has 1 aliphatic heterocycles. The van der Waals surface area contributed by atoms with E-state index in [9.17, 15) is 14.0 Å². The van der Waals surface area contributed by atoms with Gasteiger partial charge in [0.25, 0.3) is 0 Å². The van der Waals surface area contributed by atoms with E-state index in [1.54, 1.807) is 29.2 Å². The highest BCUT2D eigenvalue weighted by molar-refractivity contribution is 6.30. The molecule has 1 heterocycles. The Kier molecular flexibility index (Phi) is 4.87. The Morgan fingerprint density at radius 3 is 2.44 bits per heavy atom. The highest BCUT2D eigenvalue weighted by Crippen LogP contribution is 2.37. The summed E-state index contributed by atoms with van der Waals surface area (Å²) in [6.07, 6.45) is 3.44. The number of hydrogen-bond donors (Lipinski definition) is 0. The highest BCUT2D eigenvalue weighted by Gasteiger charge is 2.47. The van der Waals surface area contributed by atoms with E-state index in [2.05, 4.69) is 0 Å². The van der Waals surface area contributed by atoms with Crippen molar-refractivity contribution >= 4 is 29.2 Å². The first-order valence-corrected chi connectivity index (χ1v) is 9.57. The Morgan fingerprint density at radius 1 is 1.00 bits per heavy atom. The molecule has 0 N–H and O–H groups in total. The molecule has 2 aromatic rings. The summed E-state index contributed by atoms with van der Waals surface area (Å²) in [6, 6.07) is 12.6. The van der Waals surface area contributed by atoms with E-state index in [4.69, 9.17) is 11.6 Å². The van der Waals surface area contributed by atoms with Crippen LogP contribution in [0.4, 0.5) is 14.9 Å². The molecule has 6 heteroatoms. The summed E-state index contributed by atoms with van der Waals surface area (Å²) < 4.78 is 14.4. The van der Waals surface area contributed by atoms with Gasteiger partial charge < -0.3 is 4.90 Å². The zero-order chi connectivity index (χ0) is 19.0. The van der Waals surface area contributed by atoms with Gasteiger partial charge in [0.2, 0.25) is 5.91 Å². The number of benzene rings is 2. The van der Waals surface area contributed by atoms with Crippen molar-refractivity contribution in [1.29, 1.82) is 0 Å². The van der Waals surface area contributed by atoms with Crippen molar-refractivity contribution in [1.82, 2.24) is 4.90 Å². The van der Waals surface area contributed by atoms with Crippen LogP contribution >= 0.6 is 11.6 Å². The Morgan fingerprint density at radius 2 is 1.70 bits per heavy atom. The Hall–Kier alpha value is -2.40. The van der Waals surface area contributed by atoms with Crippen LogP contribution in [0.25, 0.3) is 0 Å². The van der Waals surface area contributed by atoms with Gasteiger partial charge in [0.1, 0.15) is 5.82 Å². The van der Waals surface area contributed by atoms with Gasteiger partial charge in [-0.3, -0.25) is 4.79 Å². The fraction of sp³-hybridized carbons (Fsp3) is 0.333. The standard InChI is InChI=1S/C21H20ClFN2O2/c22-15-11-9-14(10-12-15)13-24-18-7-3-1-5-16(18)20(26)25(21(24)27)19-8-4-2-6-17(19)23/h2,4,6,8-12,16,18H,1,3,5,7,13H2. The summed E-state index contributed by atoms with van der Waals surface area (Å²) in [5, 5.41) is 0.627. The fourth-order valence-corrected chi connectivity index (χ4v) is 4.26. The normalized spacial score (nSPS) is 22.7. The van der Waals surface area contributed by atoms with Gasteiger partial charge in [-0.2, -0.15) is 0 Å². The number of para-hydroxylation sites is 1. The summed E-state index contributed by atoms with van der Waals surface area (Å²) in [5.41, 5.74) is 0.956. The molecular formula is C21H20ClFN2O2. The average Bonchev–Trinajstić information content (AvgIpc) is 2.68. The van der Waals surface area contributed by atoms with Gasteiger partial charge in [-0.05, 0) is 42.7 Å². The number of anilines is 1. The number of carbonyl (C=O) groups is 2. The quantitative estimate of drug-likeness (QED) is 0.744. The minimum Gasteiger partial charge on any atom is -0.316 e. The fourth-order valence-electron chi connectivity index (χ4n) is 4.13. The van der Waals surface area contributed by atoms with Crippen LogP contribution < -0.4 is 4.90 Å². The number of urea groups is 1. The lowest BCUT2D eigenvalue weighted by Crippen LogP contribution is -2.62. The largest absolute Gasteiger partial charge is 0.332 e. The second-order valence-electron chi connectivity index (χ2n) is 7.12. The maximum Gasteiger partial charge on any atom is 0.332 e. The second-order valence-corrected chi connectivity index (χ2v) is 7.56. The van der Waals surface area contributed by atoms with Crippen molar-refractivity contribution < 1.29 is 14.0 Å². The third-order valence-electron chi connectivity index (χ3n) is 5.46. The third-order valence-corrected chi connectivity index (χ3v) is 5.72. The zero-order valence-electron chi connectivity index (χ0n) is 14.8. The van der Waals surface area contributed by atoms with Crippen molar-refractivity contribution in [2.45, 2.75) is 38.3 Å². The van der Waals surface area contributed by atoms with E-state index in [-0.39, 0.29) is 23.6 Å². The molecule has 2 fully saturated rings. The van der Waals surface area contributed by atoms with Crippen LogP contribution in [0.15, 0.2) is 48.5 Å². The SMILES string of the molecule is O=C1C2CCCCC2N(Cc2ccc(Cl)cc2)C(=O)N1c1ccccc1F. The molecule has 1 saturated heterocycles. The van der Waals surface area contributed by atoms with Gasteiger partial charge in [0, 0.05) is 17.6 Å². The summed E-state index contributed by atoms with van der Waals surface area (Å²) in [5.74, 6) is -1.15. The molecule has 4 rings (SSSR count). The number of nitrogens with zero attached hydrogens (tertiary/aromatic N) is 2. The van der Waals surface area contributed by atoms with Crippen LogP contribution in [-0.2, 0) is 11.3 Å². The first-order chi connectivity index (χ1) is 13.1. The highest BCUT2D eigenvalue weighted by atomic mass is 35.5. The summed E-state index contributed by atoms with van der Waals surface area (Å²) in [4.78, 5) is 29.1. The van der Waals surface area contributed by atoms with Crippen molar-refractivity contribution in [3.8, 4) is 0 Å². The van der Waals surface area contributed by atoms with Gasteiger partial charge in [-0.25, -0.2) is 14.1 Å². The van der Waals surface area contributed by atoms with E-state index in [1.165, 1.54) is 12.1 Å². The van der Waals surface area contributed by atoms with Crippen molar-refractivity contribution in [3.05, 3.63) is 64.9 Å². The number of halogens is 2. The van der Waals surface area contributed by atoms with E-state index in [0.29, 0.717) is 11.6 Å². The summed E-state index contributed by atoms with van der Waals surface area (Å²) in [6.45, 7) is 0.370. The number of rotatable bonds is 3. The zero-order valence-corrected chi connectivity index (χ0v) is 15.5. The minimum absolute atomic E-state index is 0.0256. The molecule has 0 spiro atoms. The van der Waals surface area contributed by atoms with Crippen LogP contribution in [0.2, 0.25) is 5.02 Å². The average molecular weight is 387 g/mol. The molecule has 1 saturated carbocycles. The van der Waals surface area contributed by atoms with E-state index >= 15 is 0 Å². The molecule has 0 aromatic heterocycles. The molecule has 4 nitrogen and oxygen atoms in total.